The van der Waals surface area contributed by atoms with Crippen molar-refractivity contribution in [3.63, 3.8) is 0 Å². The van der Waals surface area contributed by atoms with Crippen LogP contribution in [0.5, 0.6) is 0 Å². The van der Waals surface area contributed by atoms with Crippen molar-refractivity contribution in [3.05, 3.63) is 68.1 Å². The normalized spacial score (nSPS) is 23.7. The molecule has 0 saturated heterocycles. The van der Waals surface area contributed by atoms with Gasteiger partial charge in [-0.1, -0.05) is 51.8 Å². The molecule has 0 nitrogen and oxygen atoms in total. The molecule has 0 saturated carbocycles. The number of benzene rings is 2. The van der Waals surface area contributed by atoms with Crippen molar-refractivity contribution in [2.45, 2.75) is 24.7 Å². The average Bonchev–Trinajstić information content (AvgIpc) is 2.40. The van der Waals surface area contributed by atoms with E-state index in [2.05, 4.69) is 46.3 Å². The molecule has 0 aromatic heterocycles. The molecule has 18 heavy (non-hydrogen) atoms. The van der Waals surface area contributed by atoms with Crippen LogP contribution in [0, 0.1) is 0 Å². The molecule has 2 aromatic rings. The van der Waals surface area contributed by atoms with Gasteiger partial charge < -0.3 is 0 Å². The summed E-state index contributed by atoms with van der Waals surface area (Å²) in [5, 5.41) is 0.938. The Balaban J connectivity index is 2.06. The van der Waals surface area contributed by atoms with Crippen LogP contribution in [0.4, 0.5) is 0 Å². The van der Waals surface area contributed by atoms with E-state index in [1.54, 1.807) is 0 Å². The molecule has 0 radical (unpaired) electrons. The molecule has 90 valence electrons. The molecule has 0 aliphatic heterocycles. The van der Waals surface area contributed by atoms with Gasteiger partial charge in [0.25, 0.3) is 0 Å². The van der Waals surface area contributed by atoms with Crippen LogP contribution in [0.2, 0.25) is 5.02 Å². The maximum absolute atomic E-state index is 6.43. The van der Waals surface area contributed by atoms with Gasteiger partial charge in [0.15, 0.2) is 0 Å². The Morgan fingerprint density at radius 2 is 1.50 bits per heavy atom. The molecular weight excluding hydrogens is 308 g/mol. The van der Waals surface area contributed by atoms with Crippen molar-refractivity contribution < 1.29 is 0 Å². The predicted molar refractivity (Wildman–Crippen MR) is 78.5 cm³/mol. The average molecular weight is 320 g/mol. The van der Waals surface area contributed by atoms with Gasteiger partial charge in [-0.25, -0.2) is 0 Å². The summed E-state index contributed by atoms with van der Waals surface area (Å²) in [5.74, 6) is 1.01. The molecule has 0 amide bonds. The quantitative estimate of drug-likeness (QED) is 0.603. The maximum atomic E-state index is 6.43. The van der Waals surface area contributed by atoms with E-state index in [1.807, 2.05) is 6.07 Å². The summed E-state index contributed by atoms with van der Waals surface area (Å²) in [7, 11) is 0. The lowest BCUT2D eigenvalue weighted by molar-refractivity contribution is 0.518. The molecule has 0 heterocycles. The maximum Gasteiger partial charge on any atom is 0.0447 e. The second-order valence-corrected chi connectivity index (χ2v) is 6.43. The Kier molecular flexibility index (Phi) is 2.37. The van der Waals surface area contributed by atoms with Crippen LogP contribution < -0.4 is 0 Å². The van der Waals surface area contributed by atoms with Crippen molar-refractivity contribution in [1.82, 2.24) is 0 Å². The summed E-state index contributed by atoms with van der Waals surface area (Å²) in [6.45, 7) is 0. The van der Waals surface area contributed by atoms with Gasteiger partial charge in [0.2, 0.25) is 0 Å². The van der Waals surface area contributed by atoms with Gasteiger partial charge in [0, 0.05) is 21.3 Å². The number of halogens is 2. The Morgan fingerprint density at radius 1 is 0.889 bits per heavy atom. The summed E-state index contributed by atoms with van der Waals surface area (Å²) >= 11 is 10.2. The molecular formula is C16H12BrCl. The van der Waals surface area contributed by atoms with Crippen molar-refractivity contribution in [1.29, 1.82) is 0 Å². The fourth-order valence-corrected chi connectivity index (χ4v) is 4.67. The van der Waals surface area contributed by atoms with Crippen LogP contribution in [-0.4, -0.2) is 0 Å². The molecule has 3 aliphatic carbocycles. The van der Waals surface area contributed by atoms with E-state index < -0.39 is 0 Å². The molecule has 3 aliphatic rings. The highest BCUT2D eigenvalue weighted by atomic mass is 79.9. The summed E-state index contributed by atoms with van der Waals surface area (Å²) < 4.78 is 1.25. The lowest BCUT2D eigenvalue weighted by atomic mass is 9.64. The van der Waals surface area contributed by atoms with Crippen molar-refractivity contribution in [2.75, 3.05) is 0 Å². The SMILES string of the molecule is Clc1cccc2c1C1CCC2c2c(Br)cccc21. The van der Waals surface area contributed by atoms with Gasteiger partial charge in [-0.15, -0.1) is 0 Å². The molecule has 5 rings (SSSR count). The van der Waals surface area contributed by atoms with E-state index in [0.717, 1.165) is 5.02 Å². The first kappa shape index (κ1) is 11.1. The van der Waals surface area contributed by atoms with Gasteiger partial charge in [-0.05, 0) is 47.2 Å². The van der Waals surface area contributed by atoms with Crippen LogP contribution in [0.3, 0.4) is 0 Å². The first-order chi connectivity index (χ1) is 8.77. The zero-order valence-corrected chi connectivity index (χ0v) is 12.1. The Hall–Kier alpha value is -0.790. The van der Waals surface area contributed by atoms with Gasteiger partial charge >= 0.3 is 0 Å². The van der Waals surface area contributed by atoms with E-state index >= 15 is 0 Å². The van der Waals surface area contributed by atoms with Crippen LogP contribution in [-0.2, 0) is 0 Å². The zero-order valence-electron chi connectivity index (χ0n) is 9.79. The Morgan fingerprint density at radius 3 is 2.28 bits per heavy atom. The minimum Gasteiger partial charge on any atom is -0.0840 e. The molecule has 2 bridgehead atoms. The highest BCUT2D eigenvalue weighted by molar-refractivity contribution is 9.10. The third kappa shape index (κ3) is 1.32. The molecule has 2 aromatic carbocycles. The summed E-state index contributed by atoms with van der Waals surface area (Å²) in [6, 6.07) is 12.9. The fourth-order valence-electron chi connectivity index (χ4n) is 3.69. The smallest absolute Gasteiger partial charge is 0.0447 e. The van der Waals surface area contributed by atoms with Crippen LogP contribution in [0.25, 0.3) is 0 Å². The number of hydrogen-bond donors (Lipinski definition) is 0. The summed E-state index contributed by atoms with van der Waals surface area (Å²) in [5.41, 5.74) is 5.78. The summed E-state index contributed by atoms with van der Waals surface area (Å²) in [6.07, 6.45) is 2.47. The second-order valence-electron chi connectivity index (χ2n) is 5.17. The predicted octanol–water partition coefficient (Wildman–Crippen LogP) is 5.47. The minimum atomic E-state index is 0.492. The third-order valence-corrected chi connectivity index (χ3v) is 5.39. The van der Waals surface area contributed by atoms with E-state index in [4.69, 9.17) is 11.6 Å². The molecule has 2 unspecified atom stereocenters. The van der Waals surface area contributed by atoms with Gasteiger partial charge in [0.1, 0.15) is 0 Å². The van der Waals surface area contributed by atoms with E-state index in [1.165, 1.54) is 39.6 Å². The van der Waals surface area contributed by atoms with Gasteiger partial charge in [-0.2, -0.15) is 0 Å². The lowest BCUT2D eigenvalue weighted by Crippen LogP contribution is -2.25. The number of rotatable bonds is 0. The van der Waals surface area contributed by atoms with Crippen molar-refractivity contribution in [2.24, 2.45) is 0 Å². The van der Waals surface area contributed by atoms with E-state index in [9.17, 15) is 0 Å². The fraction of sp³-hybridized carbons (Fsp3) is 0.250. The molecule has 0 fully saturated rings. The summed E-state index contributed by atoms with van der Waals surface area (Å²) in [4.78, 5) is 0. The first-order valence-electron chi connectivity index (χ1n) is 6.34. The lowest BCUT2D eigenvalue weighted by Gasteiger charge is -2.41. The molecule has 0 spiro atoms. The largest absolute Gasteiger partial charge is 0.0840 e. The molecule has 2 atom stereocenters. The number of fused-ring (bicyclic) bond motifs is 1. The third-order valence-electron chi connectivity index (χ3n) is 4.37. The number of hydrogen-bond acceptors (Lipinski definition) is 0. The van der Waals surface area contributed by atoms with Crippen molar-refractivity contribution >= 4 is 27.5 Å². The van der Waals surface area contributed by atoms with Crippen LogP contribution >= 0.6 is 27.5 Å². The standard InChI is InChI=1S/C16H12BrCl/c17-13-5-1-3-9-12-8-7-11(15(9)13)10-4-2-6-14(18)16(10)12/h1-6,11-12H,7-8H2. The van der Waals surface area contributed by atoms with Crippen LogP contribution in [0.1, 0.15) is 46.9 Å². The van der Waals surface area contributed by atoms with Gasteiger partial charge in [-0.3, -0.25) is 0 Å². The Labute approximate surface area is 120 Å². The van der Waals surface area contributed by atoms with Crippen molar-refractivity contribution in [3.8, 4) is 0 Å². The first-order valence-corrected chi connectivity index (χ1v) is 7.51. The molecule has 2 heteroatoms. The van der Waals surface area contributed by atoms with Crippen LogP contribution in [0.15, 0.2) is 40.9 Å². The van der Waals surface area contributed by atoms with E-state index in [0.29, 0.717) is 11.8 Å². The monoisotopic (exact) mass is 318 g/mol. The second kappa shape index (κ2) is 3.85. The highest BCUT2D eigenvalue weighted by Gasteiger charge is 2.39. The highest BCUT2D eigenvalue weighted by Crippen LogP contribution is 2.55. The minimum absolute atomic E-state index is 0.492. The van der Waals surface area contributed by atoms with E-state index in [-0.39, 0.29) is 0 Å². The van der Waals surface area contributed by atoms with Gasteiger partial charge in [0.05, 0.1) is 0 Å². The zero-order chi connectivity index (χ0) is 12.3. The Bertz CT molecular complexity index is 590. The topological polar surface area (TPSA) is 0 Å². The molecule has 0 N–H and O–H groups in total.